The summed E-state index contributed by atoms with van der Waals surface area (Å²) in [7, 11) is 0. The number of ether oxygens (including phenoxy) is 2. The molecule has 0 bridgehead atoms. The molecule has 1 heterocycles. The molecule has 2 N–H and O–H groups in total. The molecule has 0 amide bonds. The maximum atomic E-state index is 12.5. The Hall–Kier alpha value is -2.76. The molecular weight excluding hydrogens is 490 g/mol. The van der Waals surface area contributed by atoms with E-state index in [1.807, 2.05) is 0 Å². The van der Waals surface area contributed by atoms with Gasteiger partial charge in [0.1, 0.15) is 6.10 Å². The van der Waals surface area contributed by atoms with Crippen LogP contribution in [0.25, 0.3) is 0 Å². The summed E-state index contributed by atoms with van der Waals surface area (Å²) in [6.07, 6.45) is 7.78. The number of carboxylic acids is 1. The van der Waals surface area contributed by atoms with Crippen molar-refractivity contribution in [1.29, 1.82) is 0 Å². The van der Waals surface area contributed by atoms with Crippen LogP contribution < -0.4 is 4.31 Å². The van der Waals surface area contributed by atoms with E-state index in [1.54, 1.807) is 0 Å². The lowest BCUT2D eigenvalue weighted by molar-refractivity contribution is -0.154. The van der Waals surface area contributed by atoms with Crippen LogP contribution >= 0.6 is 0 Å². The minimum Gasteiger partial charge on any atom is -0.755 e. The van der Waals surface area contributed by atoms with Crippen LogP contribution in [0.2, 0.25) is 0 Å². The van der Waals surface area contributed by atoms with Crippen molar-refractivity contribution in [2.45, 2.75) is 83.5 Å². The lowest BCUT2D eigenvalue weighted by Gasteiger charge is -2.31. The fourth-order valence-corrected chi connectivity index (χ4v) is 4.40. The van der Waals surface area contributed by atoms with Gasteiger partial charge in [0.15, 0.2) is 0 Å². The number of carbonyl (C=O) groups is 3. The first-order valence-electron chi connectivity index (χ1n) is 12.2. The molecule has 11 heteroatoms. The molecule has 36 heavy (non-hydrogen) atoms. The van der Waals surface area contributed by atoms with E-state index in [-0.39, 0.29) is 23.2 Å². The first-order chi connectivity index (χ1) is 17.2. The largest absolute Gasteiger partial charge is 0.755 e. The van der Waals surface area contributed by atoms with Gasteiger partial charge in [0.25, 0.3) is 0 Å². The predicted molar refractivity (Wildman–Crippen MR) is 132 cm³/mol. The molecule has 1 aliphatic rings. The Kier molecular flexibility index (Phi) is 12.6. The maximum Gasteiger partial charge on any atom is 0.335 e. The maximum absolute atomic E-state index is 12.5. The van der Waals surface area contributed by atoms with E-state index in [0.29, 0.717) is 6.42 Å². The van der Waals surface area contributed by atoms with Gasteiger partial charge in [0.05, 0.1) is 12.1 Å². The molecule has 0 spiro atoms. The summed E-state index contributed by atoms with van der Waals surface area (Å²) in [6, 6.07) is 5.06. The molecule has 0 fully saturated rings. The Morgan fingerprint density at radius 3 is 2.17 bits per heavy atom. The minimum atomic E-state index is -2.83. The topological polar surface area (TPSA) is 153 Å². The number of unbranched alkanes of at least 4 members (excludes halogenated alkanes) is 8. The minimum absolute atomic E-state index is 0.0350. The second-order valence-electron chi connectivity index (χ2n) is 8.62. The number of aliphatic hydroxyl groups excluding tert-OH is 1. The third kappa shape index (κ3) is 9.71. The zero-order valence-corrected chi connectivity index (χ0v) is 21.2. The van der Waals surface area contributed by atoms with Crippen LogP contribution in [0.4, 0.5) is 5.69 Å². The molecule has 2 rings (SSSR count). The summed E-state index contributed by atoms with van der Waals surface area (Å²) in [5.41, 5.74) is 0.0129. The van der Waals surface area contributed by atoms with Crippen molar-refractivity contribution < 1.29 is 42.8 Å². The second-order valence-corrected chi connectivity index (χ2v) is 9.50. The van der Waals surface area contributed by atoms with Gasteiger partial charge in [-0.05, 0) is 30.7 Å². The zero-order valence-electron chi connectivity index (χ0n) is 20.4. The number of anilines is 1. The molecule has 1 aliphatic heterocycles. The Morgan fingerprint density at radius 1 is 1.08 bits per heavy atom. The average molecular weight is 525 g/mol. The van der Waals surface area contributed by atoms with Gasteiger partial charge in [0, 0.05) is 35.0 Å². The molecule has 3 atom stereocenters. The Morgan fingerprint density at radius 2 is 1.67 bits per heavy atom. The smallest absolute Gasteiger partial charge is 0.335 e. The van der Waals surface area contributed by atoms with Crippen molar-refractivity contribution in [3.8, 4) is 0 Å². The number of aromatic carboxylic acids is 1. The summed E-state index contributed by atoms with van der Waals surface area (Å²) < 4.78 is 34.9. The third-order valence-corrected chi connectivity index (χ3v) is 6.56. The standard InChI is InChI=1S/C25H35NO9S/c1-2-3-4-5-6-7-8-9-10-11-22(27)34-21(20-16-23(28)35-25(20)31)17-26(36(32)33)19-14-12-18(13-15-19)24(29)30/h12-16,21,25,31H,2-11,17H2,1H3,(H,29,30)(H,32,33)/p-1. The monoisotopic (exact) mass is 524 g/mol. The lowest BCUT2D eigenvalue weighted by Crippen LogP contribution is -2.39. The van der Waals surface area contributed by atoms with Gasteiger partial charge in [-0.25, -0.2) is 9.59 Å². The molecule has 3 unspecified atom stereocenters. The quantitative estimate of drug-likeness (QED) is 0.177. The molecule has 0 aromatic heterocycles. The van der Waals surface area contributed by atoms with Gasteiger partial charge >= 0.3 is 17.9 Å². The molecule has 1 aromatic rings. The van der Waals surface area contributed by atoms with E-state index in [4.69, 9.17) is 9.84 Å². The highest BCUT2D eigenvalue weighted by Crippen LogP contribution is 2.25. The number of benzene rings is 1. The molecular formula is C25H34NO9S-. The summed E-state index contributed by atoms with van der Waals surface area (Å²) >= 11 is -2.83. The Bertz CT molecular complexity index is 932. The van der Waals surface area contributed by atoms with E-state index in [0.717, 1.165) is 29.6 Å². The lowest BCUT2D eigenvalue weighted by atomic mass is 10.1. The highest BCUT2D eigenvalue weighted by atomic mass is 32.2. The zero-order chi connectivity index (χ0) is 26.5. The van der Waals surface area contributed by atoms with Gasteiger partial charge in [-0.3, -0.25) is 13.3 Å². The molecule has 0 radical (unpaired) electrons. The number of hydrogen-bond donors (Lipinski definition) is 2. The van der Waals surface area contributed by atoms with Crippen LogP contribution in [0.15, 0.2) is 35.9 Å². The van der Waals surface area contributed by atoms with Crippen molar-refractivity contribution in [2.24, 2.45) is 0 Å². The Balaban J connectivity index is 1.99. The first-order valence-corrected chi connectivity index (χ1v) is 13.3. The van der Waals surface area contributed by atoms with E-state index < -0.39 is 48.1 Å². The van der Waals surface area contributed by atoms with Crippen molar-refractivity contribution in [3.05, 3.63) is 41.5 Å². The van der Waals surface area contributed by atoms with Crippen LogP contribution in [0.5, 0.6) is 0 Å². The van der Waals surface area contributed by atoms with Crippen LogP contribution in [0, 0.1) is 0 Å². The van der Waals surface area contributed by atoms with Gasteiger partial charge in [-0.2, -0.15) is 0 Å². The number of rotatable bonds is 17. The molecule has 0 aliphatic carbocycles. The van der Waals surface area contributed by atoms with Crippen molar-refractivity contribution in [1.82, 2.24) is 0 Å². The fourth-order valence-electron chi connectivity index (χ4n) is 3.85. The van der Waals surface area contributed by atoms with E-state index in [2.05, 4.69) is 11.7 Å². The molecule has 200 valence electrons. The van der Waals surface area contributed by atoms with Crippen molar-refractivity contribution >= 4 is 34.9 Å². The summed E-state index contributed by atoms with van der Waals surface area (Å²) in [5, 5.41) is 19.1. The molecule has 0 saturated heterocycles. The number of esters is 2. The number of nitrogens with zero attached hydrogens (tertiary/aromatic N) is 1. The van der Waals surface area contributed by atoms with Crippen LogP contribution in [0.3, 0.4) is 0 Å². The number of aliphatic hydroxyl groups is 1. The molecule has 0 saturated carbocycles. The number of carboxylic acid groups (broad SMARTS) is 1. The van der Waals surface area contributed by atoms with Gasteiger partial charge in [-0.1, -0.05) is 58.3 Å². The Labute approximate surface area is 213 Å². The van der Waals surface area contributed by atoms with Crippen LogP contribution in [-0.4, -0.2) is 55.8 Å². The summed E-state index contributed by atoms with van der Waals surface area (Å²) in [5.74, 6) is -2.60. The van der Waals surface area contributed by atoms with Crippen LogP contribution in [-0.2, 0) is 30.3 Å². The fraction of sp³-hybridized carbons (Fsp3) is 0.560. The molecule has 1 aromatic carbocycles. The second kappa shape index (κ2) is 15.4. The normalized spacial score (nSPS) is 16.7. The third-order valence-electron chi connectivity index (χ3n) is 5.84. The van der Waals surface area contributed by atoms with Crippen LogP contribution in [0.1, 0.15) is 81.5 Å². The average Bonchev–Trinajstić information content (AvgIpc) is 3.18. The van der Waals surface area contributed by atoms with Crippen molar-refractivity contribution in [3.63, 3.8) is 0 Å². The van der Waals surface area contributed by atoms with Gasteiger partial charge < -0.3 is 24.2 Å². The number of cyclic esters (lactones) is 1. The highest BCUT2D eigenvalue weighted by molar-refractivity contribution is 7.80. The predicted octanol–water partition coefficient (Wildman–Crippen LogP) is 3.62. The van der Waals surface area contributed by atoms with E-state index >= 15 is 0 Å². The highest BCUT2D eigenvalue weighted by Gasteiger charge is 2.34. The first kappa shape index (κ1) is 29.5. The van der Waals surface area contributed by atoms with Gasteiger partial charge in [0.2, 0.25) is 6.29 Å². The molecule has 10 nitrogen and oxygen atoms in total. The number of carbonyl (C=O) groups excluding carboxylic acids is 2. The van der Waals surface area contributed by atoms with E-state index in [1.165, 1.54) is 56.4 Å². The van der Waals surface area contributed by atoms with E-state index in [9.17, 15) is 28.3 Å². The summed E-state index contributed by atoms with van der Waals surface area (Å²) in [4.78, 5) is 35.2. The van der Waals surface area contributed by atoms with Crippen molar-refractivity contribution in [2.75, 3.05) is 10.8 Å². The van der Waals surface area contributed by atoms with Gasteiger partial charge in [-0.15, -0.1) is 0 Å². The number of hydrogen-bond acceptors (Lipinski definition) is 8. The SMILES string of the molecule is CCCCCCCCCCCC(=O)OC(CN(c1ccc(C(=O)O)cc1)S(=O)[O-])C1=CC(=O)OC1O. The summed E-state index contributed by atoms with van der Waals surface area (Å²) in [6.45, 7) is 1.74.